The normalized spacial score (nSPS) is 31.3. The SMILES string of the molecule is CC1CN(CCCC(C)(N)CO)CC(C)O1. The largest absolute Gasteiger partial charge is 0.394 e. The lowest BCUT2D eigenvalue weighted by Crippen LogP contribution is -2.46. The predicted molar refractivity (Wildman–Crippen MR) is 65.4 cm³/mol. The third-order valence-corrected chi connectivity index (χ3v) is 3.08. The Kier molecular flexibility index (Phi) is 5.18. The van der Waals surface area contributed by atoms with Crippen LogP contribution in [0.4, 0.5) is 0 Å². The van der Waals surface area contributed by atoms with E-state index in [0.29, 0.717) is 12.2 Å². The van der Waals surface area contributed by atoms with Gasteiger partial charge < -0.3 is 15.6 Å². The zero-order valence-corrected chi connectivity index (χ0v) is 10.8. The number of morpholine rings is 1. The zero-order valence-electron chi connectivity index (χ0n) is 10.8. The van der Waals surface area contributed by atoms with Crippen molar-refractivity contribution in [2.75, 3.05) is 26.2 Å². The number of hydrogen-bond acceptors (Lipinski definition) is 4. The van der Waals surface area contributed by atoms with E-state index >= 15 is 0 Å². The van der Waals surface area contributed by atoms with Crippen molar-refractivity contribution in [3.05, 3.63) is 0 Å². The summed E-state index contributed by atoms with van der Waals surface area (Å²) in [6, 6.07) is 0. The lowest BCUT2D eigenvalue weighted by atomic mass is 9.98. The van der Waals surface area contributed by atoms with Crippen LogP contribution < -0.4 is 5.73 Å². The second-order valence-corrected chi connectivity index (χ2v) is 5.43. The quantitative estimate of drug-likeness (QED) is 0.725. The number of nitrogens with zero attached hydrogens (tertiary/aromatic N) is 1. The van der Waals surface area contributed by atoms with Gasteiger partial charge in [-0.25, -0.2) is 0 Å². The number of ether oxygens (including phenoxy) is 1. The van der Waals surface area contributed by atoms with E-state index < -0.39 is 5.54 Å². The fourth-order valence-electron chi connectivity index (χ4n) is 2.25. The van der Waals surface area contributed by atoms with Crippen molar-refractivity contribution in [3.8, 4) is 0 Å². The first-order valence-corrected chi connectivity index (χ1v) is 6.20. The highest BCUT2D eigenvalue weighted by Crippen LogP contribution is 2.13. The Morgan fingerprint density at radius 1 is 1.38 bits per heavy atom. The van der Waals surface area contributed by atoms with E-state index in [1.54, 1.807) is 0 Å². The fraction of sp³-hybridized carbons (Fsp3) is 1.00. The second kappa shape index (κ2) is 5.96. The van der Waals surface area contributed by atoms with Crippen molar-refractivity contribution in [3.63, 3.8) is 0 Å². The smallest absolute Gasteiger partial charge is 0.0678 e. The molecule has 0 aromatic carbocycles. The van der Waals surface area contributed by atoms with Crippen LogP contribution in [0.5, 0.6) is 0 Å². The number of hydrogen-bond donors (Lipinski definition) is 2. The topological polar surface area (TPSA) is 58.7 Å². The molecule has 1 saturated heterocycles. The molecule has 96 valence electrons. The number of rotatable bonds is 5. The molecule has 4 heteroatoms. The average molecular weight is 230 g/mol. The minimum Gasteiger partial charge on any atom is -0.394 e. The second-order valence-electron chi connectivity index (χ2n) is 5.43. The summed E-state index contributed by atoms with van der Waals surface area (Å²) in [5.74, 6) is 0. The van der Waals surface area contributed by atoms with Gasteiger partial charge in [0, 0.05) is 18.6 Å². The van der Waals surface area contributed by atoms with Gasteiger partial charge in [-0.05, 0) is 40.2 Å². The summed E-state index contributed by atoms with van der Waals surface area (Å²) in [7, 11) is 0. The Bertz CT molecular complexity index is 199. The molecule has 0 amide bonds. The first kappa shape index (κ1) is 13.9. The van der Waals surface area contributed by atoms with E-state index in [1.807, 2.05) is 6.92 Å². The maximum absolute atomic E-state index is 9.06. The minimum absolute atomic E-state index is 0.0584. The van der Waals surface area contributed by atoms with Gasteiger partial charge in [-0.3, -0.25) is 4.90 Å². The maximum Gasteiger partial charge on any atom is 0.0678 e. The van der Waals surface area contributed by atoms with Crippen LogP contribution in [0.25, 0.3) is 0 Å². The molecule has 4 nitrogen and oxygen atoms in total. The lowest BCUT2D eigenvalue weighted by molar-refractivity contribution is -0.0684. The van der Waals surface area contributed by atoms with Gasteiger partial charge in [0.2, 0.25) is 0 Å². The Morgan fingerprint density at radius 3 is 2.44 bits per heavy atom. The van der Waals surface area contributed by atoms with Crippen molar-refractivity contribution in [1.82, 2.24) is 4.90 Å². The highest BCUT2D eigenvalue weighted by atomic mass is 16.5. The molecule has 3 atom stereocenters. The molecule has 3 N–H and O–H groups in total. The monoisotopic (exact) mass is 230 g/mol. The minimum atomic E-state index is -0.427. The summed E-state index contributed by atoms with van der Waals surface area (Å²) >= 11 is 0. The molecule has 1 fully saturated rings. The molecule has 0 spiro atoms. The standard InChI is InChI=1S/C12H26N2O2/c1-10-7-14(8-11(2)16-10)6-4-5-12(3,13)9-15/h10-11,15H,4-9,13H2,1-3H3. The first-order valence-electron chi connectivity index (χ1n) is 6.20. The van der Waals surface area contributed by atoms with Crippen LogP contribution in [0.15, 0.2) is 0 Å². The molecule has 1 rings (SSSR count). The Labute approximate surface area is 98.8 Å². The van der Waals surface area contributed by atoms with Crippen LogP contribution in [0, 0.1) is 0 Å². The molecular formula is C12H26N2O2. The third kappa shape index (κ3) is 4.78. The maximum atomic E-state index is 9.06. The molecule has 0 saturated carbocycles. The molecule has 1 aliphatic rings. The lowest BCUT2D eigenvalue weighted by Gasteiger charge is -2.35. The van der Waals surface area contributed by atoms with Gasteiger partial charge in [0.05, 0.1) is 18.8 Å². The number of aliphatic hydroxyl groups excluding tert-OH is 1. The van der Waals surface area contributed by atoms with Crippen molar-refractivity contribution in [2.45, 2.75) is 51.4 Å². The zero-order chi connectivity index (χ0) is 12.2. The van der Waals surface area contributed by atoms with E-state index in [4.69, 9.17) is 15.6 Å². The summed E-state index contributed by atoms with van der Waals surface area (Å²) in [6.45, 7) is 9.24. The molecule has 0 aromatic rings. The van der Waals surface area contributed by atoms with Gasteiger partial charge in [0.1, 0.15) is 0 Å². The summed E-state index contributed by atoms with van der Waals surface area (Å²) < 4.78 is 5.68. The fourth-order valence-corrected chi connectivity index (χ4v) is 2.25. The van der Waals surface area contributed by atoms with Crippen molar-refractivity contribution < 1.29 is 9.84 Å². The Balaban J connectivity index is 2.22. The van der Waals surface area contributed by atoms with Crippen molar-refractivity contribution in [1.29, 1.82) is 0 Å². The molecule has 3 unspecified atom stereocenters. The van der Waals surface area contributed by atoms with Crippen LogP contribution in [-0.2, 0) is 4.74 Å². The number of nitrogens with two attached hydrogens (primary N) is 1. The third-order valence-electron chi connectivity index (χ3n) is 3.08. The van der Waals surface area contributed by atoms with Crippen molar-refractivity contribution >= 4 is 0 Å². The van der Waals surface area contributed by atoms with Crippen LogP contribution >= 0.6 is 0 Å². The molecule has 0 radical (unpaired) electrons. The molecule has 0 aliphatic carbocycles. The summed E-state index contributed by atoms with van der Waals surface area (Å²) in [4.78, 5) is 2.42. The summed E-state index contributed by atoms with van der Waals surface area (Å²) in [5, 5.41) is 9.06. The van der Waals surface area contributed by atoms with Gasteiger partial charge in [0.25, 0.3) is 0 Å². The van der Waals surface area contributed by atoms with E-state index in [9.17, 15) is 0 Å². The van der Waals surface area contributed by atoms with Crippen molar-refractivity contribution in [2.24, 2.45) is 5.73 Å². The Hall–Kier alpha value is -0.160. The van der Waals surface area contributed by atoms with Crippen LogP contribution in [-0.4, -0.2) is 54.0 Å². The summed E-state index contributed by atoms with van der Waals surface area (Å²) in [6.07, 6.45) is 2.55. The first-order chi connectivity index (χ1) is 7.43. The van der Waals surface area contributed by atoms with Crippen LogP contribution in [0.1, 0.15) is 33.6 Å². The molecule has 1 heterocycles. The molecule has 16 heavy (non-hydrogen) atoms. The Morgan fingerprint density at radius 2 is 1.94 bits per heavy atom. The summed E-state index contributed by atoms with van der Waals surface area (Å²) in [5.41, 5.74) is 5.47. The van der Waals surface area contributed by atoms with E-state index in [0.717, 1.165) is 32.5 Å². The van der Waals surface area contributed by atoms with E-state index in [2.05, 4.69) is 18.7 Å². The highest BCUT2D eigenvalue weighted by Gasteiger charge is 2.23. The van der Waals surface area contributed by atoms with Gasteiger partial charge in [0.15, 0.2) is 0 Å². The van der Waals surface area contributed by atoms with Crippen LogP contribution in [0.3, 0.4) is 0 Å². The van der Waals surface area contributed by atoms with Crippen LogP contribution in [0.2, 0.25) is 0 Å². The highest BCUT2D eigenvalue weighted by molar-refractivity contribution is 4.79. The van der Waals surface area contributed by atoms with E-state index in [1.165, 1.54) is 0 Å². The van der Waals surface area contributed by atoms with Gasteiger partial charge in [-0.2, -0.15) is 0 Å². The van der Waals surface area contributed by atoms with Gasteiger partial charge in [-0.1, -0.05) is 0 Å². The van der Waals surface area contributed by atoms with Gasteiger partial charge >= 0.3 is 0 Å². The van der Waals surface area contributed by atoms with Gasteiger partial charge in [-0.15, -0.1) is 0 Å². The molecule has 0 bridgehead atoms. The predicted octanol–water partition coefficient (Wildman–Crippen LogP) is 0.586. The average Bonchev–Trinajstić information content (AvgIpc) is 2.16. The molecule has 1 aliphatic heterocycles. The molecule has 0 aromatic heterocycles. The molecular weight excluding hydrogens is 204 g/mol. The number of aliphatic hydroxyl groups is 1. The van der Waals surface area contributed by atoms with E-state index in [-0.39, 0.29) is 6.61 Å².